The van der Waals surface area contributed by atoms with Gasteiger partial charge in [0.25, 0.3) is 11.5 Å². The third-order valence-electron chi connectivity index (χ3n) is 4.87. The number of likely N-dealkylation sites (tertiary alicyclic amines) is 1. The van der Waals surface area contributed by atoms with Crippen molar-refractivity contribution >= 4 is 17.3 Å². The quantitative estimate of drug-likeness (QED) is 0.721. The summed E-state index contributed by atoms with van der Waals surface area (Å²) in [5, 5.41) is 7.16. The molecule has 1 aromatic heterocycles. The van der Waals surface area contributed by atoms with E-state index in [1.165, 1.54) is 10.9 Å². The smallest absolute Gasteiger partial charge is 0.294 e. The second-order valence-electron chi connectivity index (χ2n) is 6.93. The van der Waals surface area contributed by atoms with Gasteiger partial charge in [0.2, 0.25) is 0 Å². The van der Waals surface area contributed by atoms with Crippen LogP contribution >= 0.6 is 0 Å². The van der Waals surface area contributed by atoms with Crippen LogP contribution in [0.5, 0.6) is 11.5 Å². The highest BCUT2D eigenvalue weighted by atomic mass is 16.5. The number of carbonyl (C=O) groups is 1. The van der Waals surface area contributed by atoms with Crippen LogP contribution in [0.2, 0.25) is 0 Å². The molecular formula is C22H22N4O3. The van der Waals surface area contributed by atoms with Gasteiger partial charge in [0.15, 0.2) is 11.4 Å². The van der Waals surface area contributed by atoms with E-state index >= 15 is 0 Å². The average Bonchev–Trinajstić information content (AvgIpc) is 3.29. The monoisotopic (exact) mass is 390 g/mol. The molecule has 2 aromatic carbocycles. The lowest BCUT2D eigenvalue weighted by atomic mass is 10.2. The number of rotatable bonds is 5. The molecule has 1 aliphatic heterocycles. The number of hydrogen-bond acceptors (Lipinski definition) is 5. The van der Waals surface area contributed by atoms with E-state index in [1.807, 2.05) is 23.1 Å². The van der Waals surface area contributed by atoms with Crippen molar-refractivity contribution in [1.82, 2.24) is 14.7 Å². The fourth-order valence-electron chi connectivity index (χ4n) is 3.27. The Morgan fingerprint density at radius 3 is 2.41 bits per heavy atom. The molecule has 3 aromatic rings. The Morgan fingerprint density at radius 2 is 1.72 bits per heavy atom. The van der Waals surface area contributed by atoms with Crippen molar-refractivity contribution in [2.24, 2.45) is 7.05 Å². The maximum atomic E-state index is 12.6. The van der Waals surface area contributed by atoms with Crippen LogP contribution in [0, 0.1) is 0 Å². The van der Waals surface area contributed by atoms with Gasteiger partial charge in [0.05, 0.1) is 6.20 Å². The molecule has 0 aliphatic carbocycles. The molecule has 1 saturated heterocycles. The number of benzene rings is 2. The second kappa shape index (κ2) is 8.18. The molecule has 1 aliphatic rings. The molecule has 148 valence electrons. The largest absolute Gasteiger partial charge is 0.453 e. The molecule has 2 heterocycles. The van der Waals surface area contributed by atoms with Crippen molar-refractivity contribution in [3.63, 3.8) is 0 Å². The van der Waals surface area contributed by atoms with E-state index in [-0.39, 0.29) is 17.2 Å². The molecule has 0 radical (unpaired) electrons. The number of amides is 1. The number of hydrogen-bond donors (Lipinski definition) is 1. The predicted octanol–water partition coefficient (Wildman–Crippen LogP) is 3.55. The van der Waals surface area contributed by atoms with E-state index < -0.39 is 0 Å². The van der Waals surface area contributed by atoms with Gasteiger partial charge in [-0.2, -0.15) is 5.10 Å². The minimum atomic E-state index is -0.310. The Hall–Kier alpha value is -3.61. The summed E-state index contributed by atoms with van der Waals surface area (Å²) in [5.74, 6) is 0.982. The summed E-state index contributed by atoms with van der Waals surface area (Å²) >= 11 is 0. The predicted molar refractivity (Wildman–Crippen MR) is 111 cm³/mol. The van der Waals surface area contributed by atoms with Crippen molar-refractivity contribution in [3.8, 4) is 11.5 Å². The fraction of sp³-hybridized carbons (Fsp3) is 0.227. The summed E-state index contributed by atoms with van der Waals surface area (Å²) in [6, 6.07) is 16.3. The Labute approximate surface area is 168 Å². The number of aryl methyl sites for hydroxylation is 1. The SMILES string of the molecule is Cn1ncc(Oc2ccccc2)c(Nc2ccc(C(=O)N3CCCC3)cc2)c1=O. The standard InChI is InChI=1S/C22H22N4O3/c1-25-22(28)20(19(15-23-25)29-18-7-3-2-4-8-18)24-17-11-9-16(10-12-17)21(27)26-13-5-6-14-26/h2-4,7-12,15,24H,5-6,13-14H2,1H3. The van der Waals surface area contributed by atoms with Gasteiger partial charge in [-0.05, 0) is 49.2 Å². The number of nitrogens with one attached hydrogen (secondary N) is 1. The molecule has 1 N–H and O–H groups in total. The van der Waals surface area contributed by atoms with Crippen molar-refractivity contribution < 1.29 is 9.53 Å². The molecule has 7 heteroatoms. The van der Waals surface area contributed by atoms with Crippen LogP contribution in [0.4, 0.5) is 11.4 Å². The normalized spacial score (nSPS) is 13.3. The molecule has 0 unspecified atom stereocenters. The first-order chi connectivity index (χ1) is 14.1. The second-order valence-corrected chi connectivity index (χ2v) is 6.93. The zero-order valence-corrected chi connectivity index (χ0v) is 16.2. The fourth-order valence-corrected chi connectivity index (χ4v) is 3.27. The highest BCUT2D eigenvalue weighted by Gasteiger charge is 2.19. The number of anilines is 2. The first-order valence-electron chi connectivity index (χ1n) is 9.57. The summed E-state index contributed by atoms with van der Waals surface area (Å²) in [5.41, 5.74) is 1.30. The van der Waals surface area contributed by atoms with Gasteiger partial charge < -0.3 is 15.0 Å². The zero-order chi connectivity index (χ0) is 20.2. The molecule has 1 fully saturated rings. The van der Waals surface area contributed by atoms with Crippen LogP contribution in [0.1, 0.15) is 23.2 Å². The molecule has 0 atom stereocenters. The molecule has 29 heavy (non-hydrogen) atoms. The van der Waals surface area contributed by atoms with Crippen molar-refractivity contribution in [2.45, 2.75) is 12.8 Å². The number of para-hydroxylation sites is 1. The molecular weight excluding hydrogens is 368 g/mol. The van der Waals surface area contributed by atoms with Gasteiger partial charge in [0, 0.05) is 31.4 Å². The summed E-state index contributed by atoms with van der Waals surface area (Å²) in [4.78, 5) is 27.0. The molecule has 0 spiro atoms. The molecule has 0 saturated carbocycles. The minimum Gasteiger partial charge on any atom is -0.453 e. The van der Waals surface area contributed by atoms with Crippen LogP contribution in [-0.4, -0.2) is 33.7 Å². The average molecular weight is 390 g/mol. The lowest BCUT2D eigenvalue weighted by Gasteiger charge is -2.16. The van der Waals surface area contributed by atoms with E-state index in [0.717, 1.165) is 25.9 Å². The van der Waals surface area contributed by atoms with Gasteiger partial charge in [-0.15, -0.1) is 0 Å². The van der Waals surface area contributed by atoms with E-state index in [0.29, 0.717) is 22.7 Å². The summed E-state index contributed by atoms with van der Waals surface area (Å²) < 4.78 is 7.09. The van der Waals surface area contributed by atoms with Crippen LogP contribution in [0.15, 0.2) is 65.6 Å². The van der Waals surface area contributed by atoms with Crippen LogP contribution in [0.25, 0.3) is 0 Å². The Balaban J connectivity index is 1.57. The number of nitrogens with zero attached hydrogens (tertiary/aromatic N) is 3. The number of carbonyl (C=O) groups excluding carboxylic acids is 1. The maximum absolute atomic E-state index is 12.6. The topological polar surface area (TPSA) is 76.5 Å². The van der Waals surface area contributed by atoms with E-state index in [9.17, 15) is 9.59 Å². The number of aromatic nitrogens is 2. The summed E-state index contributed by atoms with van der Waals surface area (Å²) in [7, 11) is 1.58. The first-order valence-corrected chi connectivity index (χ1v) is 9.57. The van der Waals surface area contributed by atoms with E-state index in [1.54, 1.807) is 43.4 Å². The first kappa shape index (κ1) is 18.7. The van der Waals surface area contributed by atoms with Gasteiger partial charge >= 0.3 is 0 Å². The third-order valence-corrected chi connectivity index (χ3v) is 4.87. The van der Waals surface area contributed by atoms with Crippen LogP contribution in [-0.2, 0) is 7.05 Å². The van der Waals surface area contributed by atoms with Crippen molar-refractivity contribution in [2.75, 3.05) is 18.4 Å². The van der Waals surface area contributed by atoms with Gasteiger partial charge in [-0.3, -0.25) is 9.59 Å². The Morgan fingerprint density at radius 1 is 1.03 bits per heavy atom. The zero-order valence-electron chi connectivity index (χ0n) is 16.2. The van der Waals surface area contributed by atoms with Gasteiger partial charge in [-0.25, -0.2) is 4.68 Å². The maximum Gasteiger partial charge on any atom is 0.294 e. The minimum absolute atomic E-state index is 0.0435. The number of ether oxygens (including phenoxy) is 1. The molecule has 1 amide bonds. The van der Waals surface area contributed by atoms with Gasteiger partial charge in [-0.1, -0.05) is 18.2 Å². The van der Waals surface area contributed by atoms with E-state index in [2.05, 4.69) is 10.4 Å². The molecule has 4 rings (SSSR count). The Kier molecular flexibility index (Phi) is 5.29. The Bertz CT molecular complexity index is 1060. The molecule has 0 bridgehead atoms. The highest BCUT2D eigenvalue weighted by molar-refractivity contribution is 5.94. The summed E-state index contributed by atoms with van der Waals surface area (Å²) in [6.07, 6.45) is 3.61. The van der Waals surface area contributed by atoms with Crippen LogP contribution in [0.3, 0.4) is 0 Å². The van der Waals surface area contributed by atoms with Crippen molar-refractivity contribution in [1.29, 1.82) is 0 Å². The molecule has 7 nitrogen and oxygen atoms in total. The third kappa shape index (κ3) is 4.13. The highest BCUT2D eigenvalue weighted by Crippen LogP contribution is 2.28. The van der Waals surface area contributed by atoms with Crippen LogP contribution < -0.4 is 15.6 Å². The lowest BCUT2D eigenvalue weighted by molar-refractivity contribution is 0.0793. The van der Waals surface area contributed by atoms with Gasteiger partial charge in [0.1, 0.15) is 5.75 Å². The van der Waals surface area contributed by atoms with E-state index in [4.69, 9.17) is 4.74 Å². The summed E-state index contributed by atoms with van der Waals surface area (Å²) in [6.45, 7) is 1.62. The van der Waals surface area contributed by atoms with Crippen molar-refractivity contribution in [3.05, 3.63) is 76.7 Å². The lowest BCUT2D eigenvalue weighted by Crippen LogP contribution is -2.27.